The van der Waals surface area contributed by atoms with Gasteiger partial charge in [-0.3, -0.25) is 0 Å². The maximum Gasteiger partial charge on any atom is 0.573 e. The van der Waals surface area contributed by atoms with Gasteiger partial charge in [0, 0.05) is 8.92 Å². The molecule has 1 aromatic carbocycles. The number of hydrogen-bond acceptors (Lipinski definition) is 2. The first-order valence-corrected chi connectivity index (χ1v) is 10.2. The summed E-state index contributed by atoms with van der Waals surface area (Å²) in [6.07, 6.45) is -1.78. The lowest BCUT2D eigenvalue weighted by Crippen LogP contribution is -2.38. The van der Waals surface area contributed by atoms with Crippen LogP contribution in [0.4, 0.5) is 26.3 Å². The quantitative estimate of drug-likeness (QED) is 0.445. The van der Waals surface area contributed by atoms with Crippen LogP contribution in [0, 0.1) is 29.5 Å². The van der Waals surface area contributed by atoms with Gasteiger partial charge in [0.25, 0.3) is 0 Å². The van der Waals surface area contributed by atoms with Crippen LogP contribution < -0.4 is 9.47 Å². The molecule has 8 heteroatoms. The maximum absolute atomic E-state index is 14.6. The van der Waals surface area contributed by atoms with Crippen molar-refractivity contribution in [3.05, 3.63) is 24.0 Å². The molecule has 3 rings (SSSR count). The maximum atomic E-state index is 14.6. The zero-order valence-corrected chi connectivity index (χ0v) is 16.3. The third-order valence-corrected chi connectivity index (χ3v) is 6.36. The largest absolute Gasteiger partial charge is 0.573 e. The third-order valence-electron chi connectivity index (χ3n) is 6.36. The molecule has 2 aliphatic rings. The molecule has 0 amide bonds. The summed E-state index contributed by atoms with van der Waals surface area (Å²) in [5.74, 6) is -2.20. The number of benzene rings is 1. The average Bonchev–Trinajstić information content (AvgIpc) is 2.63. The monoisotopic (exact) mass is 428 g/mol. The lowest BCUT2D eigenvalue weighted by Gasteiger charge is -2.38. The van der Waals surface area contributed by atoms with Gasteiger partial charge in [-0.1, -0.05) is 19.8 Å². The van der Waals surface area contributed by atoms with Crippen LogP contribution in [0.25, 0.3) is 0 Å². The fraction of sp³-hybridized carbons (Fsp3) is 0.714. The van der Waals surface area contributed by atoms with E-state index in [1.54, 1.807) is 0 Å². The van der Waals surface area contributed by atoms with Gasteiger partial charge in [0.1, 0.15) is 5.75 Å². The van der Waals surface area contributed by atoms with E-state index in [4.69, 9.17) is 4.74 Å². The summed E-state index contributed by atoms with van der Waals surface area (Å²) in [6.45, 7) is 2.25. The molecule has 0 heterocycles. The van der Waals surface area contributed by atoms with Crippen molar-refractivity contribution in [1.29, 1.82) is 0 Å². The van der Waals surface area contributed by atoms with E-state index in [1.165, 1.54) is 12.8 Å². The third kappa shape index (κ3) is 5.95. The van der Waals surface area contributed by atoms with Gasteiger partial charge in [-0.2, -0.15) is 8.78 Å². The van der Waals surface area contributed by atoms with Crippen molar-refractivity contribution in [3.8, 4) is 11.5 Å². The standard InChI is InChI=1S/C21H26F6O2.2H2/c1-13-2-4-14(5-3-13)15-6-8-16(9-7-15)20(23,24)28-17-10-11-19(18(22)12-17)29-21(25,26)27;;/h10-16H,2-9H2,1H3;2*1H. The molecule has 0 bridgehead atoms. The van der Waals surface area contributed by atoms with Crippen LogP contribution in [0.3, 0.4) is 0 Å². The first kappa shape index (κ1) is 22.1. The molecular formula is C21H30F6O2. The van der Waals surface area contributed by atoms with E-state index in [9.17, 15) is 26.3 Å². The number of alkyl halides is 5. The lowest BCUT2D eigenvalue weighted by atomic mass is 9.69. The number of rotatable bonds is 5. The molecule has 0 saturated heterocycles. The fourth-order valence-electron chi connectivity index (χ4n) is 4.68. The molecule has 0 radical (unpaired) electrons. The summed E-state index contributed by atoms with van der Waals surface area (Å²) in [4.78, 5) is 0. The highest BCUT2D eigenvalue weighted by Gasteiger charge is 2.45. The zero-order valence-electron chi connectivity index (χ0n) is 16.3. The average molecular weight is 428 g/mol. The van der Waals surface area contributed by atoms with Crippen LogP contribution in [0.1, 0.15) is 61.1 Å². The van der Waals surface area contributed by atoms with Crippen molar-refractivity contribution in [3.63, 3.8) is 0 Å². The Morgan fingerprint density at radius 2 is 1.38 bits per heavy atom. The van der Waals surface area contributed by atoms with E-state index >= 15 is 0 Å². The molecule has 0 aliphatic heterocycles. The molecule has 0 N–H and O–H groups in total. The van der Waals surface area contributed by atoms with E-state index in [0.717, 1.165) is 37.7 Å². The zero-order chi connectivity index (χ0) is 21.2. The number of hydrogen-bond donors (Lipinski definition) is 0. The van der Waals surface area contributed by atoms with Crippen LogP contribution >= 0.6 is 0 Å². The summed E-state index contributed by atoms with van der Waals surface area (Å²) in [5, 5.41) is 0. The summed E-state index contributed by atoms with van der Waals surface area (Å²) in [7, 11) is 0. The first-order valence-electron chi connectivity index (χ1n) is 10.2. The van der Waals surface area contributed by atoms with Crippen LogP contribution in [-0.2, 0) is 0 Å². The van der Waals surface area contributed by atoms with E-state index in [0.29, 0.717) is 36.8 Å². The molecule has 2 fully saturated rings. The first-order chi connectivity index (χ1) is 13.5. The molecule has 0 atom stereocenters. The Bertz CT molecular complexity index is 685. The molecule has 1 aromatic rings. The smallest absolute Gasteiger partial charge is 0.432 e. The Labute approximate surface area is 169 Å². The molecule has 2 saturated carbocycles. The summed E-state index contributed by atoms with van der Waals surface area (Å²) in [6, 6.07) is 1.98. The predicted molar refractivity (Wildman–Crippen MR) is 99.5 cm³/mol. The Hall–Kier alpha value is -1.60. The number of ether oxygens (including phenoxy) is 2. The van der Waals surface area contributed by atoms with Crippen LogP contribution in [-0.4, -0.2) is 12.5 Å². The molecule has 29 heavy (non-hydrogen) atoms. The normalized spacial score (nSPS) is 28.8. The van der Waals surface area contributed by atoms with E-state index in [1.807, 2.05) is 0 Å². The van der Waals surface area contributed by atoms with Crippen LogP contribution in [0.2, 0.25) is 0 Å². The molecule has 0 spiro atoms. The highest BCUT2D eigenvalue weighted by atomic mass is 19.4. The van der Waals surface area contributed by atoms with Crippen LogP contribution in [0.15, 0.2) is 18.2 Å². The van der Waals surface area contributed by atoms with Crippen molar-refractivity contribution in [1.82, 2.24) is 0 Å². The Kier molecular flexibility index (Phi) is 6.58. The van der Waals surface area contributed by atoms with Gasteiger partial charge in [-0.25, -0.2) is 4.39 Å². The molecule has 2 nitrogen and oxygen atoms in total. The van der Waals surface area contributed by atoms with Crippen molar-refractivity contribution in [2.45, 2.75) is 70.8 Å². The van der Waals surface area contributed by atoms with Gasteiger partial charge in [-0.15, -0.1) is 13.2 Å². The van der Waals surface area contributed by atoms with E-state index < -0.39 is 35.7 Å². The lowest BCUT2D eigenvalue weighted by molar-refractivity contribution is -0.275. The van der Waals surface area contributed by atoms with Gasteiger partial charge >= 0.3 is 12.5 Å². The van der Waals surface area contributed by atoms with Gasteiger partial charge < -0.3 is 9.47 Å². The minimum Gasteiger partial charge on any atom is -0.432 e. The fourth-order valence-corrected chi connectivity index (χ4v) is 4.68. The summed E-state index contributed by atoms with van der Waals surface area (Å²) >= 11 is 0. The Balaban J connectivity index is 0.00000240. The molecule has 0 unspecified atom stereocenters. The Morgan fingerprint density at radius 3 is 1.90 bits per heavy atom. The summed E-state index contributed by atoms with van der Waals surface area (Å²) in [5.41, 5.74) is 0. The van der Waals surface area contributed by atoms with Gasteiger partial charge in [-0.05, 0) is 68.4 Å². The second-order valence-corrected chi connectivity index (χ2v) is 8.44. The number of halogens is 6. The van der Waals surface area contributed by atoms with Crippen LogP contribution in [0.5, 0.6) is 11.5 Å². The Morgan fingerprint density at radius 1 is 0.828 bits per heavy atom. The van der Waals surface area contributed by atoms with Crippen molar-refractivity contribution >= 4 is 0 Å². The second kappa shape index (κ2) is 8.64. The van der Waals surface area contributed by atoms with Crippen molar-refractivity contribution in [2.75, 3.05) is 0 Å². The molecule has 168 valence electrons. The van der Waals surface area contributed by atoms with Crippen molar-refractivity contribution < 1.29 is 38.7 Å². The van der Waals surface area contributed by atoms with Gasteiger partial charge in [0.15, 0.2) is 11.6 Å². The SMILES string of the molecule is CC1CCC(C2CCC(C(F)(F)Oc3ccc(OC(F)(F)F)c(F)c3)CC2)CC1.[HH].[HH]. The molecule has 2 aliphatic carbocycles. The minimum absolute atomic E-state index is 0. The minimum atomic E-state index is -5.07. The van der Waals surface area contributed by atoms with E-state index in [2.05, 4.69) is 11.7 Å². The van der Waals surface area contributed by atoms with Gasteiger partial charge in [0.2, 0.25) is 0 Å². The second-order valence-electron chi connectivity index (χ2n) is 8.44. The molecule has 0 aromatic heterocycles. The molecular weight excluding hydrogens is 398 g/mol. The highest BCUT2D eigenvalue weighted by Crippen LogP contribution is 2.45. The van der Waals surface area contributed by atoms with E-state index in [-0.39, 0.29) is 2.85 Å². The topological polar surface area (TPSA) is 18.5 Å². The van der Waals surface area contributed by atoms with Gasteiger partial charge in [0.05, 0.1) is 5.92 Å². The summed E-state index contributed by atoms with van der Waals surface area (Å²) < 4.78 is 87.6. The van der Waals surface area contributed by atoms with Crippen molar-refractivity contribution in [2.24, 2.45) is 23.7 Å². The predicted octanol–water partition coefficient (Wildman–Crippen LogP) is 7.82. The highest BCUT2D eigenvalue weighted by molar-refractivity contribution is 5.33.